The van der Waals surface area contributed by atoms with E-state index in [1.807, 2.05) is 22.8 Å². The van der Waals surface area contributed by atoms with Crippen LogP contribution in [0.3, 0.4) is 0 Å². The van der Waals surface area contributed by atoms with E-state index in [2.05, 4.69) is 35.9 Å². The Morgan fingerprint density at radius 1 is 1.10 bits per heavy atom. The zero-order chi connectivity index (χ0) is 22.1. The summed E-state index contributed by atoms with van der Waals surface area (Å²) in [7, 11) is 1.62. The first-order chi connectivity index (χ1) is 14.9. The molecule has 31 heavy (non-hydrogen) atoms. The van der Waals surface area contributed by atoms with Gasteiger partial charge in [0.2, 0.25) is 0 Å². The molecular weight excluding hydrogens is 400 g/mol. The number of rotatable bonds is 7. The van der Waals surface area contributed by atoms with E-state index in [0.717, 1.165) is 28.0 Å². The summed E-state index contributed by atoms with van der Waals surface area (Å²) in [5, 5.41) is 3.83. The topological polar surface area (TPSA) is 48.2 Å². The maximum absolute atomic E-state index is 14.0. The Balaban J connectivity index is 1.77. The van der Waals surface area contributed by atoms with Crippen LogP contribution in [0.1, 0.15) is 35.9 Å². The molecule has 0 atom stereocenters. The van der Waals surface area contributed by atoms with Crippen molar-refractivity contribution in [1.82, 2.24) is 14.5 Å². The number of para-hydroxylation sites is 1. The van der Waals surface area contributed by atoms with Crippen molar-refractivity contribution in [3.8, 4) is 0 Å². The quantitative estimate of drug-likeness (QED) is 0.451. The van der Waals surface area contributed by atoms with Crippen molar-refractivity contribution in [3.63, 3.8) is 0 Å². The summed E-state index contributed by atoms with van der Waals surface area (Å²) in [4.78, 5) is 13.1. The van der Waals surface area contributed by atoms with Crippen LogP contribution in [0.4, 0.5) is 8.78 Å². The standard InChI is InChI=1S/C24H25F2N3O2/c1-15(2)29-20-7-5-4-6-18(20)23-21(29)13-22(28(23)10-11-31-3)24(30)27-14-16-8-9-17(25)12-19(16)26/h4-9,12-13,15H,10-11,14H2,1-3H3,(H,27,30). The predicted molar refractivity (Wildman–Crippen MR) is 117 cm³/mol. The normalized spacial score (nSPS) is 11.7. The van der Waals surface area contributed by atoms with Crippen molar-refractivity contribution in [2.24, 2.45) is 0 Å². The molecule has 0 bridgehead atoms. The molecule has 0 aliphatic rings. The monoisotopic (exact) mass is 425 g/mol. The highest BCUT2D eigenvalue weighted by molar-refractivity contribution is 6.10. The Morgan fingerprint density at radius 2 is 1.87 bits per heavy atom. The lowest BCUT2D eigenvalue weighted by Crippen LogP contribution is -2.26. The number of halogens is 2. The van der Waals surface area contributed by atoms with E-state index >= 15 is 0 Å². The summed E-state index contributed by atoms with van der Waals surface area (Å²) in [5.41, 5.74) is 3.75. The zero-order valence-electron chi connectivity index (χ0n) is 17.8. The van der Waals surface area contributed by atoms with Crippen molar-refractivity contribution in [2.45, 2.75) is 33.0 Å². The molecule has 2 aromatic carbocycles. The molecule has 0 spiro atoms. The van der Waals surface area contributed by atoms with Gasteiger partial charge in [0.05, 0.1) is 23.2 Å². The molecule has 2 heterocycles. The van der Waals surface area contributed by atoms with Crippen LogP contribution in [-0.4, -0.2) is 28.8 Å². The fourth-order valence-corrected chi connectivity index (χ4v) is 4.11. The lowest BCUT2D eigenvalue weighted by Gasteiger charge is -2.12. The van der Waals surface area contributed by atoms with Gasteiger partial charge in [0.25, 0.3) is 5.91 Å². The van der Waals surface area contributed by atoms with Gasteiger partial charge in [-0.1, -0.05) is 24.3 Å². The molecule has 2 aromatic heterocycles. The molecule has 4 aromatic rings. The Morgan fingerprint density at radius 3 is 2.58 bits per heavy atom. The van der Waals surface area contributed by atoms with Crippen molar-refractivity contribution < 1.29 is 18.3 Å². The van der Waals surface area contributed by atoms with E-state index in [0.29, 0.717) is 18.8 Å². The summed E-state index contributed by atoms with van der Waals surface area (Å²) >= 11 is 0. The minimum atomic E-state index is -0.683. The third-order valence-corrected chi connectivity index (χ3v) is 5.48. The summed E-state index contributed by atoms with van der Waals surface area (Å²) in [5.74, 6) is -1.65. The number of fused-ring (bicyclic) bond motifs is 3. The highest BCUT2D eigenvalue weighted by Crippen LogP contribution is 2.34. The number of hydrogen-bond donors (Lipinski definition) is 1. The molecule has 7 heteroatoms. The first kappa shape index (κ1) is 21.1. The van der Waals surface area contributed by atoms with Gasteiger partial charge in [-0.2, -0.15) is 0 Å². The van der Waals surface area contributed by atoms with Crippen LogP contribution in [0.15, 0.2) is 48.5 Å². The molecule has 0 fully saturated rings. The van der Waals surface area contributed by atoms with E-state index in [1.165, 1.54) is 12.1 Å². The molecule has 0 saturated heterocycles. The van der Waals surface area contributed by atoms with Crippen molar-refractivity contribution in [1.29, 1.82) is 0 Å². The van der Waals surface area contributed by atoms with Crippen LogP contribution >= 0.6 is 0 Å². The van der Waals surface area contributed by atoms with Gasteiger partial charge in [-0.15, -0.1) is 0 Å². The number of carbonyl (C=O) groups excluding carboxylic acids is 1. The number of ether oxygens (including phenoxy) is 1. The Bertz CT molecular complexity index is 1260. The fraction of sp³-hybridized carbons (Fsp3) is 0.292. The Labute approximate surface area is 179 Å². The Kier molecular flexibility index (Phi) is 5.78. The molecule has 4 rings (SSSR count). The number of nitrogens with zero attached hydrogens (tertiary/aromatic N) is 2. The fourth-order valence-electron chi connectivity index (χ4n) is 4.11. The lowest BCUT2D eigenvalue weighted by atomic mass is 10.2. The lowest BCUT2D eigenvalue weighted by molar-refractivity contribution is 0.0939. The summed E-state index contributed by atoms with van der Waals surface area (Å²) in [6.07, 6.45) is 0. The maximum atomic E-state index is 14.0. The third-order valence-electron chi connectivity index (χ3n) is 5.48. The van der Waals surface area contributed by atoms with Crippen LogP contribution in [0.5, 0.6) is 0 Å². The van der Waals surface area contributed by atoms with Gasteiger partial charge >= 0.3 is 0 Å². The molecular formula is C24H25F2N3O2. The van der Waals surface area contributed by atoms with Gasteiger partial charge in [0.15, 0.2) is 0 Å². The zero-order valence-corrected chi connectivity index (χ0v) is 17.8. The molecule has 162 valence electrons. The number of methoxy groups -OCH3 is 1. The molecule has 0 radical (unpaired) electrons. The Hall–Kier alpha value is -3.19. The van der Waals surface area contributed by atoms with Crippen LogP contribution < -0.4 is 5.32 Å². The first-order valence-electron chi connectivity index (χ1n) is 10.3. The van der Waals surface area contributed by atoms with Gasteiger partial charge in [-0.3, -0.25) is 4.79 Å². The maximum Gasteiger partial charge on any atom is 0.268 e. The predicted octanol–water partition coefficient (Wildman–Crippen LogP) is 5.03. The second-order valence-corrected chi connectivity index (χ2v) is 7.81. The number of benzene rings is 2. The van der Waals surface area contributed by atoms with E-state index < -0.39 is 11.6 Å². The molecule has 0 unspecified atom stereocenters. The van der Waals surface area contributed by atoms with E-state index in [-0.39, 0.29) is 24.1 Å². The molecule has 0 saturated carbocycles. The van der Waals surface area contributed by atoms with Crippen LogP contribution in [0.2, 0.25) is 0 Å². The van der Waals surface area contributed by atoms with Crippen molar-refractivity contribution in [3.05, 3.63) is 71.4 Å². The van der Waals surface area contributed by atoms with Crippen molar-refractivity contribution in [2.75, 3.05) is 13.7 Å². The van der Waals surface area contributed by atoms with E-state index in [4.69, 9.17) is 4.74 Å². The van der Waals surface area contributed by atoms with Crippen LogP contribution in [-0.2, 0) is 17.8 Å². The average Bonchev–Trinajstić information content (AvgIpc) is 3.26. The van der Waals surface area contributed by atoms with Crippen LogP contribution in [0, 0.1) is 11.6 Å². The third kappa shape index (κ3) is 3.81. The summed E-state index contributed by atoms with van der Waals surface area (Å²) < 4.78 is 36.6. The molecule has 5 nitrogen and oxygen atoms in total. The molecule has 0 aliphatic heterocycles. The highest BCUT2D eigenvalue weighted by Gasteiger charge is 2.22. The molecule has 0 aliphatic carbocycles. The number of aromatic nitrogens is 2. The highest BCUT2D eigenvalue weighted by atomic mass is 19.1. The molecule has 1 N–H and O–H groups in total. The van der Waals surface area contributed by atoms with Gasteiger partial charge in [0, 0.05) is 43.3 Å². The van der Waals surface area contributed by atoms with Gasteiger partial charge in [-0.05, 0) is 32.0 Å². The minimum absolute atomic E-state index is 0.0322. The first-order valence-corrected chi connectivity index (χ1v) is 10.3. The van der Waals surface area contributed by atoms with Gasteiger partial charge in [-0.25, -0.2) is 8.78 Å². The van der Waals surface area contributed by atoms with E-state index in [9.17, 15) is 13.6 Å². The second kappa shape index (κ2) is 8.51. The largest absolute Gasteiger partial charge is 0.383 e. The van der Waals surface area contributed by atoms with E-state index in [1.54, 1.807) is 7.11 Å². The van der Waals surface area contributed by atoms with Crippen molar-refractivity contribution >= 4 is 27.8 Å². The number of hydrogen-bond acceptors (Lipinski definition) is 2. The minimum Gasteiger partial charge on any atom is -0.383 e. The number of carbonyl (C=O) groups is 1. The summed E-state index contributed by atoms with van der Waals surface area (Å²) in [6, 6.07) is 13.5. The second-order valence-electron chi connectivity index (χ2n) is 7.81. The van der Waals surface area contributed by atoms with Gasteiger partial charge < -0.3 is 19.2 Å². The SMILES string of the molecule is COCCn1c(C(=O)NCc2ccc(F)cc2F)cc2c1c1ccccc1n2C(C)C. The molecule has 1 amide bonds. The smallest absolute Gasteiger partial charge is 0.268 e. The number of nitrogens with one attached hydrogen (secondary N) is 1. The summed E-state index contributed by atoms with van der Waals surface area (Å²) in [6.45, 7) is 5.12. The van der Waals surface area contributed by atoms with Crippen LogP contribution in [0.25, 0.3) is 21.9 Å². The van der Waals surface area contributed by atoms with Gasteiger partial charge in [0.1, 0.15) is 17.3 Å². The number of amides is 1. The average molecular weight is 425 g/mol.